The third-order valence-electron chi connectivity index (χ3n) is 3.25. The number of nitrogens with one attached hydrogen (secondary N) is 1. The summed E-state index contributed by atoms with van der Waals surface area (Å²) in [6, 6.07) is 3.75. The Morgan fingerprint density at radius 3 is 2.45 bits per heavy atom. The Morgan fingerprint density at radius 1 is 1.20 bits per heavy atom. The van der Waals surface area contributed by atoms with Crippen LogP contribution in [0.3, 0.4) is 0 Å². The molecule has 0 amide bonds. The summed E-state index contributed by atoms with van der Waals surface area (Å²) in [6.07, 6.45) is 4.92. The van der Waals surface area contributed by atoms with E-state index >= 15 is 0 Å². The second kappa shape index (κ2) is 6.61. The SMILES string of the molecule is CCNC(Cc1cc(F)cc(F)c1)Cc1nccn1C. The molecule has 1 N–H and O–H groups in total. The van der Waals surface area contributed by atoms with Crippen LogP contribution in [0.2, 0.25) is 0 Å². The molecule has 0 radical (unpaired) electrons. The first-order valence-electron chi connectivity index (χ1n) is 6.73. The van der Waals surface area contributed by atoms with Gasteiger partial charge in [-0.25, -0.2) is 13.8 Å². The predicted molar refractivity (Wildman–Crippen MR) is 74.4 cm³/mol. The lowest BCUT2D eigenvalue weighted by molar-refractivity contribution is 0.500. The van der Waals surface area contributed by atoms with Gasteiger partial charge in [-0.15, -0.1) is 0 Å². The quantitative estimate of drug-likeness (QED) is 0.880. The lowest BCUT2D eigenvalue weighted by Crippen LogP contribution is -2.34. The number of hydrogen-bond acceptors (Lipinski definition) is 2. The molecule has 2 aromatic rings. The fraction of sp³-hybridized carbons (Fsp3) is 0.400. The molecule has 2 rings (SSSR count). The number of hydrogen-bond donors (Lipinski definition) is 1. The Hall–Kier alpha value is -1.75. The fourth-order valence-corrected chi connectivity index (χ4v) is 2.33. The first kappa shape index (κ1) is 14.7. The number of likely N-dealkylation sites (N-methyl/N-ethyl adjacent to an activating group) is 1. The van der Waals surface area contributed by atoms with E-state index < -0.39 is 11.6 Å². The van der Waals surface area contributed by atoms with Crippen molar-refractivity contribution < 1.29 is 8.78 Å². The van der Waals surface area contributed by atoms with E-state index in [1.54, 1.807) is 6.20 Å². The first-order valence-corrected chi connectivity index (χ1v) is 6.73. The zero-order valence-corrected chi connectivity index (χ0v) is 11.7. The van der Waals surface area contributed by atoms with Crippen LogP contribution >= 0.6 is 0 Å². The average molecular weight is 279 g/mol. The first-order chi connectivity index (χ1) is 9.58. The summed E-state index contributed by atoms with van der Waals surface area (Å²) in [5.41, 5.74) is 0.655. The van der Waals surface area contributed by atoms with Crippen LogP contribution in [0.15, 0.2) is 30.6 Å². The van der Waals surface area contributed by atoms with E-state index in [2.05, 4.69) is 10.3 Å². The molecule has 0 aliphatic heterocycles. The minimum atomic E-state index is -0.535. The Balaban J connectivity index is 2.10. The summed E-state index contributed by atoms with van der Waals surface area (Å²) < 4.78 is 28.4. The second-order valence-electron chi connectivity index (χ2n) is 4.89. The lowest BCUT2D eigenvalue weighted by atomic mass is 10.0. The van der Waals surface area contributed by atoms with Crippen LogP contribution in [-0.2, 0) is 19.9 Å². The molecular weight excluding hydrogens is 260 g/mol. The predicted octanol–water partition coefficient (Wildman–Crippen LogP) is 2.46. The summed E-state index contributed by atoms with van der Waals surface area (Å²) in [4.78, 5) is 4.29. The highest BCUT2D eigenvalue weighted by Crippen LogP contribution is 2.12. The molecule has 20 heavy (non-hydrogen) atoms. The van der Waals surface area contributed by atoms with Gasteiger partial charge >= 0.3 is 0 Å². The lowest BCUT2D eigenvalue weighted by Gasteiger charge is -2.18. The Kier molecular flexibility index (Phi) is 4.84. The maximum Gasteiger partial charge on any atom is 0.126 e. The summed E-state index contributed by atoms with van der Waals surface area (Å²) in [7, 11) is 1.94. The van der Waals surface area contributed by atoms with Crippen molar-refractivity contribution in [3.05, 3.63) is 53.6 Å². The van der Waals surface area contributed by atoms with Gasteiger partial charge in [-0.05, 0) is 30.7 Å². The Bertz CT molecular complexity index is 546. The average Bonchev–Trinajstić information content (AvgIpc) is 2.74. The van der Waals surface area contributed by atoms with E-state index in [1.165, 1.54) is 12.1 Å². The smallest absolute Gasteiger partial charge is 0.126 e. The zero-order chi connectivity index (χ0) is 14.5. The molecule has 3 nitrogen and oxygen atoms in total. The molecule has 0 saturated heterocycles. The highest BCUT2D eigenvalue weighted by atomic mass is 19.1. The van der Waals surface area contributed by atoms with Gasteiger partial charge in [-0.3, -0.25) is 0 Å². The van der Waals surface area contributed by atoms with Gasteiger partial charge in [-0.2, -0.15) is 0 Å². The molecule has 0 bridgehead atoms. The van der Waals surface area contributed by atoms with Crippen LogP contribution in [0.1, 0.15) is 18.3 Å². The fourth-order valence-electron chi connectivity index (χ4n) is 2.33. The van der Waals surface area contributed by atoms with E-state index in [9.17, 15) is 8.78 Å². The number of halogens is 2. The van der Waals surface area contributed by atoms with Crippen molar-refractivity contribution >= 4 is 0 Å². The molecule has 0 aliphatic rings. The van der Waals surface area contributed by atoms with Crippen molar-refractivity contribution in [2.45, 2.75) is 25.8 Å². The van der Waals surface area contributed by atoms with Crippen LogP contribution in [0.4, 0.5) is 8.78 Å². The van der Waals surface area contributed by atoms with Gasteiger partial charge in [0.2, 0.25) is 0 Å². The molecule has 1 aromatic heterocycles. The van der Waals surface area contributed by atoms with E-state index in [0.717, 1.165) is 24.9 Å². The molecular formula is C15H19F2N3. The molecule has 1 unspecified atom stereocenters. The highest BCUT2D eigenvalue weighted by molar-refractivity contribution is 5.19. The standard InChI is InChI=1S/C15H19F2N3/c1-3-18-14(10-15-19-4-5-20(15)2)8-11-6-12(16)9-13(17)7-11/h4-7,9,14,18H,3,8,10H2,1-2H3. The molecule has 1 aromatic carbocycles. The molecule has 0 spiro atoms. The van der Waals surface area contributed by atoms with Crippen LogP contribution in [0.25, 0.3) is 0 Å². The van der Waals surface area contributed by atoms with E-state index in [1.807, 2.05) is 24.7 Å². The molecule has 0 fully saturated rings. The van der Waals surface area contributed by atoms with E-state index in [-0.39, 0.29) is 6.04 Å². The van der Waals surface area contributed by atoms with Crippen molar-refractivity contribution in [3.8, 4) is 0 Å². The number of aromatic nitrogens is 2. The van der Waals surface area contributed by atoms with Crippen LogP contribution < -0.4 is 5.32 Å². The van der Waals surface area contributed by atoms with Crippen molar-refractivity contribution in [3.63, 3.8) is 0 Å². The van der Waals surface area contributed by atoms with Gasteiger partial charge in [0.05, 0.1) is 0 Å². The highest BCUT2D eigenvalue weighted by Gasteiger charge is 2.13. The number of imidazole rings is 1. The van der Waals surface area contributed by atoms with Crippen LogP contribution in [-0.4, -0.2) is 22.1 Å². The van der Waals surface area contributed by atoms with Crippen molar-refractivity contribution in [2.75, 3.05) is 6.54 Å². The molecule has 108 valence electrons. The largest absolute Gasteiger partial charge is 0.338 e. The third-order valence-corrected chi connectivity index (χ3v) is 3.25. The number of nitrogens with zero attached hydrogens (tertiary/aromatic N) is 2. The maximum atomic E-state index is 13.2. The number of rotatable bonds is 6. The van der Waals surface area contributed by atoms with Crippen LogP contribution in [0, 0.1) is 11.6 Å². The zero-order valence-electron chi connectivity index (χ0n) is 11.7. The van der Waals surface area contributed by atoms with Gasteiger partial charge in [0, 0.05) is 38.0 Å². The minimum absolute atomic E-state index is 0.0994. The summed E-state index contributed by atoms with van der Waals surface area (Å²) in [6.45, 7) is 2.81. The molecule has 1 atom stereocenters. The van der Waals surface area contributed by atoms with Gasteiger partial charge in [0.25, 0.3) is 0 Å². The van der Waals surface area contributed by atoms with Crippen molar-refractivity contribution in [1.82, 2.24) is 14.9 Å². The topological polar surface area (TPSA) is 29.9 Å². The molecule has 5 heteroatoms. The molecule has 0 aliphatic carbocycles. The monoisotopic (exact) mass is 279 g/mol. The van der Waals surface area contributed by atoms with E-state index in [0.29, 0.717) is 12.0 Å². The Morgan fingerprint density at radius 2 is 1.90 bits per heavy atom. The summed E-state index contributed by atoms with van der Waals surface area (Å²) in [5, 5.41) is 3.34. The molecule has 1 heterocycles. The van der Waals surface area contributed by atoms with Crippen molar-refractivity contribution in [1.29, 1.82) is 0 Å². The Labute approximate surface area is 117 Å². The number of aryl methyl sites for hydroxylation is 1. The third kappa shape index (κ3) is 3.87. The van der Waals surface area contributed by atoms with Gasteiger partial charge < -0.3 is 9.88 Å². The molecule has 0 saturated carbocycles. The minimum Gasteiger partial charge on any atom is -0.338 e. The van der Waals surface area contributed by atoms with Gasteiger partial charge in [0.1, 0.15) is 17.5 Å². The summed E-state index contributed by atoms with van der Waals surface area (Å²) >= 11 is 0. The van der Waals surface area contributed by atoms with Crippen molar-refractivity contribution in [2.24, 2.45) is 7.05 Å². The number of benzene rings is 1. The van der Waals surface area contributed by atoms with Gasteiger partial charge in [0.15, 0.2) is 0 Å². The maximum absolute atomic E-state index is 13.2. The van der Waals surface area contributed by atoms with Crippen LogP contribution in [0.5, 0.6) is 0 Å². The normalized spacial score (nSPS) is 12.6. The van der Waals surface area contributed by atoms with Gasteiger partial charge in [-0.1, -0.05) is 6.92 Å². The van der Waals surface area contributed by atoms with E-state index in [4.69, 9.17) is 0 Å². The summed E-state index contributed by atoms with van der Waals surface area (Å²) in [5.74, 6) is -0.118. The second-order valence-corrected chi connectivity index (χ2v) is 4.89.